The van der Waals surface area contributed by atoms with Gasteiger partial charge in [0, 0.05) is 37.8 Å². The van der Waals surface area contributed by atoms with Crippen molar-refractivity contribution in [3.8, 4) is 0 Å². The number of rotatable bonds is 10. The molecule has 1 fully saturated rings. The van der Waals surface area contributed by atoms with Gasteiger partial charge in [-0.15, -0.1) is 0 Å². The second-order valence-electron chi connectivity index (χ2n) is 6.50. The molecule has 0 bridgehead atoms. The summed E-state index contributed by atoms with van der Waals surface area (Å²) in [6.07, 6.45) is 1.81. The molecule has 5 N–H and O–H groups in total. The summed E-state index contributed by atoms with van der Waals surface area (Å²) in [5.74, 6) is 0.0334. The molecule has 0 saturated carbocycles. The van der Waals surface area contributed by atoms with Crippen LogP contribution in [0, 0.1) is 0 Å². The van der Waals surface area contributed by atoms with Crippen LogP contribution in [-0.2, 0) is 14.8 Å². The van der Waals surface area contributed by atoms with Gasteiger partial charge in [-0.05, 0) is 49.9 Å². The SMILES string of the molecule is Nc1ccc(S(=O)(=O)N(CCCNC(=O)O)CCCC2CCC(=O)N2)cc1. The predicted molar refractivity (Wildman–Crippen MR) is 101 cm³/mol. The van der Waals surface area contributed by atoms with Gasteiger partial charge in [0.25, 0.3) is 0 Å². The molecule has 1 aliphatic heterocycles. The van der Waals surface area contributed by atoms with Gasteiger partial charge >= 0.3 is 6.09 Å². The Hall–Kier alpha value is -2.33. The lowest BCUT2D eigenvalue weighted by Gasteiger charge is -2.23. The fourth-order valence-electron chi connectivity index (χ4n) is 3.00. The van der Waals surface area contributed by atoms with Crippen molar-refractivity contribution in [2.24, 2.45) is 0 Å². The Bertz CT molecular complexity index is 751. The van der Waals surface area contributed by atoms with Crippen LogP contribution in [0.15, 0.2) is 29.2 Å². The summed E-state index contributed by atoms with van der Waals surface area (Å²) in [6, 6.07) is 6.08. The van der Waals surface area contributed by atoms with E-state index in [2.05, 4.69) is 10.6 Å². The maximum atomic E-state index is 12.9. The lowest BCUT2D eigenvalue weighted by Crippen LogP contribution is -2.35. The fourth-order valence-corrected chi connectivity index (χ4v) is 4.52. The minimum absolute atomic E-state index is 0.0334. The van der Waals surface area contributed by atoms with E-state index in [1.54, 1.807) is 0 Å². The molecule has 1 atom stereocenters. The first-order chi connectivity index (χ1) is 12.8. The molecule has 150 valence electrons. The van der Waals surface area contributed by atoms with Gasteiger partial charge < -0.3 is 21.5 Å². The molecule has 0 aromatic heterocycles. The number of nitrogens with two attached hydrogens (primary N) is 1. The van der Waals surface area contributed by atoms with Crippen LogP contribution >= 0.6 is 0 Å². The van der Waals surface area contributed by atoms with Crippen LogP contribution in [0.1, 0.15) is 32.1 Å². The number of nitrogen functional groups attached to an aromatic ring is 1. The number of nitrogens with one attached hydrogen (secondary N) is 2. The van der Waals surface area contributed by atoms with Crippen molar-refractivity contribution < 1.29 is 23.1 Å². The van der Waals surface area contributed by atoms with E-state index in [9.17, 15) is 18.0 Å². The third kappa shape index (κ3) is 6.40. The molecule has 1 unspecified atom stereocenters. The van der Waals surface area contributed by atoms with Crippen molar-refractivity contribution in [2.75, 3.05) is 25.4 Å². The van der Waals surface area contributed by atoms with Crippen LogP contribution in [0.25, 0.3) is 0 Å². The zero-order valence-corrected chi connectivity index (χ0v) is 15.9. The molecule has 2 rings (SSSR count). The van der Waals surface area contributed by atoms with Crippen molar-refractivity contribution in [1.29, 1.82) is 0 Å². The topological polar surface area (TPSA) is 142 Å². The molecule has 27 heavy (non-hydrogen) atoms. The molecule has 9 nitrogen and oxygen atoms in total. The van der Waals surface area contributed by atoms with Gasteiger partial charge in [-0.1, -0.05) is 0 Å². The Balaban J connectivity index is 1.99. The normalized spacial score (nSPS) is 17.1. The van der Waals surface area contributed by atoms with E-state index in [0.29, 0.717) is 37.9 Å². The van der Waals surface area contributed by atoms with Gasteiger partial charge in [-0.2, -0.15) is 4.31 Å². The Morgan fingerprint density at radius 1 is 1.26 bits per heavy atom. The predicted octanol–water partition coefficient (Wildman–Crippen LogP) is 0.976. The summed E-state index contributed by atoms with van der Waals surface area (Å²) < 4.78 is 27.2. The molecule has 10 heteroatoms. The molecule has 1 aromatic carbocycles. The largest absolute Gasteiger partial charge is 0.465 e. The number of anilines is 1. The van der Waals surface area contributed by atoms with E-state index in [0.717, 1.165) is 6.42 Å². The first kappa shape index (κ1) is 21.0. The fraction of sp³-hybridized carbons (Fsp3) is 0.529. The van der Waals surface area contributed by atoms with Gasteiger partial charge in [0.1, 0.15) is 0 Å². The standard InChI is InChI=1S/C17H26N4O5S/c18-13-4-7-15(8-5-13)27(25,26)21(12-2-10-19-17(23)24)11-1-3-14-6-9-16(22)20-14/h4-5,7-8,14,19H,1-3,6,9-12,18H2,(H,20,22)(H,23,24). The number of amides is 2. The average Bonchev–Trinajstić information content (AvgIpc) is 3.02. The highest BCUT2D eigenvalue weighted by Crippen LogP contribution is 2.19. The van der Waals surface area contributed by atoms with Crippen LogP contribution in [0.4, 0.5) is 10.5 Å². The first-order valence-electron chi connectivity index (χ1n) is 8.91. The highest BCUT2D eigenvalue weighted by atomic mass is 32.2. The minimum atomic E-state index is -3.71. The number of benzene rings is 1. The van der Waals surface area contributed by atoms with E-state index in [-0.39, 0.29) is 29.9 Å². The number of nitrogens with zero attached hydrogens (tertiary/aromatic N) is 1. The van der Waals surface area contributed by atoms with E-state index < -0.39 is 16.1 Å². The van der Waals surface area contributed by atoms with Crippen molar-refractivity contribution in [1.82, 2.24) is 14.9 Å². The molecule has 0 aliphatic carbocycles. The van der Waals surface area contributed by atoms with Crippen LogP contribution in [0.3, 0.4) is 0 Å². The second kappa shape index (κ2) is 9.56. The average molecular weight is 398 g/mol. The molecule has 1 heterocycles. The summed E-state index contributed by atoms with van der Waals surface area (Å²) in [6.45, 7) is 0.665. The number of hydrogen-bond donors (Lipinski definition) is 4. The molecule has 1 aromatic rings. The van der Waals surface area contributed by atoms with Crippen LogP contribution in [0.2, 0.25) is 0 Å². The van der Waals surface area contributed by atoms with Crippen molar-refractivity contribution in [3.63, 3.8) is 0 Å². The highest BCUT2D eigenvalue weighted by molar-refractivity contribution is 7.89. The van der Waals surface area contributed by atoms with E-state index in [4.69, 9.17) is 10.8 Å². The van der Waals surface area contributed by atoms with Crippen LogP contribution in [-0.4, -0.2) is 55.5 Å². The second-order valence-corrected chi connectivity index (χ2v) is 8.44. The number of hydrogen-bond acceptors (Lipinski definition) is 5. The molecular weight excluding hydrogens is 372 g/mol. The smallest absolute Gasteiger partial charge is 0.404 e. The number of carbonyl (C=O) groups excluding carboxylic acids is 1. The Kier molecular flexibility index (Phi) is 7.43. The van der Waals surface area contributed by atoms with E-state index >= 15 is 0 Å². The third-order valence-corrected chi connectivity index (χ3v) is 6.34. The van der Waals surface area contributed by atoms with Crippen molar-refractivity contribution >= 4 is 27.7 Å². The maximum Gasteiger partial charge on any atom is 0.404 e. The van der Waals surface area contributed by atoms with Gasteiger partial charge in [-0.3, -0.25) is 4.79 Å². The molecule has 1 saturated heterocycles. The van der Waals surface area contributed by atoms with E-state index in [1.165, 1.54) is 28.6 Å². The van der Waals surface area contributed by atoms with Crippen LogP contribution < -0.4 is 16.4 Å². The van der Waals surface area contributed by atoms with Gasteiger partial charge in [0.2, 0.25) is 15.9 Å². The van der Waals surface area contributed by atoms with Gasteiger partial charge in [0.15, 0.2) is 0 Å². The number of sulfonamides is 1. The zero-order valence-electron chi connectivity index (χ0n) is 15.1. The zero-order chi connectivity index (χ0) is 19.9. The summed E-state index contributed by atoms with van der Waals surface area (Å²) in [5, 5.41) is 13.7. The highest BCUT2D eigenvalue weighted by Gasteiger charge is 2.25. The van der Waals surface area contributed by atoms with Gasteiger partial charge in [-0.25, -0.2) is 13.2 Å². The Labute approximate surface area is 159 Å². The van der Waals surface area contributed by atoms with Gasteiger partial charge in [0.05, 0.1) is 4.90 Å². The summed E-state index contributed by atoms with van der Waals surface area (Å²) in [4.78, 5) is 22.0. The Morgan fingerprint density at radius 2 is 1.93 bits per heavy atom. The molecule has 0 spiro atoms. The third-order valence-electron chi connectivity index (χ3n) is 4.42. The summed E-state index contributed by atoms with van der Waals surface area (Å²) in [7, 11) is -3.71. The Morgan fingerprint density at radius 3 is 2.52 bits per heavy atom. The molecule has 1 aliphatic rings. The maximum absolute atomic E-state index is 12.9. The monoisotopic (exact) mass is 398 g/mol. The summed E-state index contributed by atoms with van der Waals surface area (Å²) >= 11 is 0. The quantitative estimate of drug-likeness (QED) is 0.342. The lowest BCUT2D eigenvalue weighted by molar-refractivity contribution is -0.119. The van der Waals surface area contributed by atoms with Crippen LogP contribution in [0.5, 0.6) is 0 Å². The number of carboxylic acid groups (broad SMARTS) is 1. The molecular formula is C17H26N4O5S. The molecule has 2 amide bonds. The summed E-state index contributed by atoms with van der Waals surface area (Å²) in [5.41, 5.74) is 6.10. The van der Waals surface area contributed by atoms with Crippen molar-refractivity contribution in [2.45, 2.75) is 43.0 Å². The van der Waals surface area contributed by atoms with Crippen molar-refractivity contribution in [3.05, 3.63) is 24.3 Å². The minimum Gasteiger partial charge on any atom is -0.465 e. The lowest BCUT2D eigenvalue weighted by atomic mass is 10.1. The van der Waals surface area contributed by atoms with E-state index in [1.807, 2.05) is 0 Å². The first-order valence-corrected chi connectivity index (χ1v) is 10.3. The molecule has 0 radical (unpaired) electrons. The number of carbonyl (C=O) groups is 2.